The second-order valence-electron chi connectivity index (χ2n) is 13.2. The minimum absolute atomic E-state index is 0.243. The van der Waals surface area contributed by atoms with Crippen molar-refractivity contribution >= 4 is 39.1 Å². The van der Waals surface area contributed by atoms with Crippen LogP contribution in [0.3, 0.4) is 0 Å². The lowest BCUT2D eigenvalue weighted by Crippen LogP contribution is -2.31. The molecule has 1 aliphatic heterocycles. The minimum atomic E-state index is 0.243. The van der Waals surface area contributed by atoms with Crippen molar-refractivity contribution in [2.75, 3.05) is 20.7 Å². The van der Waals surface area contributed by atoms with E-state index in [1.807, 2.05) is 0 Å². The summed E-state index contributed by atoms with van der Waals surface area (Å²) in [5.74, 6) is 3.98. The van der Waals surface area contributed by atoms with Gasteiger partial charge in [0.05, 0.1) is 12.3 Å². The Hall–Kier alpha value is -4.37. The Morgan fingerprint density at radius 3 is 2.65 bits per heavy atom. The molecule has 1 heterocycles. The summed E-state index contributed by atoms with van der Waals surface area (Å²) in [7, 11) is 4.26. The summed E-state index contributed by atoms with van der Waals surface area (Å²) in [6.45, 7) is 0.661. The van der Waals surface area contributed by atoms with E-state index in [4.69, 9.17) is 9.73 Å². The molecule has 9 rings (SSSR count). The molecule has 0 spiro atoms. The van der Waals surface area contributed by atoms with Crippen LogP contribution in [-0.4, -0.2) is 31.4 Å². The zero-order valence-electron chi connectivity index (χ0n) is 24.9. The molecule has 2 bridgehead atoms. The molecule has 43 heavy (non-hydrogen) atoms. The van der Waals surface area contributed by atoms with Crippen LogP contribution in [0.1, 0.15) is 52.1 Å². The quantitative estimate of drug-likeness (QED) is 0.125. The molecule has 1 fully saturated rings. The zero-order valence-corrected chi connectivity index (χ0v) is 24.9. The fraction of sp³-hybridized carbons (Fsp3) is 0.275. The molecule has 3 nitrogen and oxygen atoms in total. The summed E-state index contributed by atoms with van der Waals surface area (Å²) in [4.78, 5) is 7.63. The third-order valence-corrected chi connectivity index (χ3v) is 10.4. The largest absolute Gasteiger partial charge is 0.492 e. The van der Waals surface area contributed by atoms with Crippen molar-refractivity contribution in [1.82, 2.24) is 4.90 Å². The smallest absolute Gasteiger partial charge is 0.132 e. The van der Waals surface area contributed by atoms with Crippen LogP contribution < -0.4 is 4.74 Å². The number of nitrogens with zero attached hydrogens (tertiary/aromatic N) is 2. The van der Waals surface area contributed by atoms with Crippen LogP contribution in [0.4, 0.5) is 5.69 Å². The van der Waals surface area contributed by atoms with E-state index in [9.17, 15) is 0 Å². The molecular formula is C40H36N2O. The molecule has 3 unspecified atom stereocenters. The summed E-state index contributed by atoms with van der Waals surface area (Å²) >= 11 is 0. The summed E-state index contributed by atoms with van der Waals surface area (Å²) in [5.41, 5.74) is 10.9. The molecule has 212 valence electrons. The van der Waals surface area contributed by atoms with Crippen LogP contribution in [0.15, 0.2) is 95.5 Å². The molecule has 3 atom stereocenters. The van der Waals surface area contributed by atoms with Crippen molar-refractivity contribution in [2.24, 2.45) is 16.8 Å². The Kier molecular flexibility index (Phi) is 5.60. The number of hydrogen-bond donors (Lipinski definition) is 0. The molecule has 0 amide bonds. The highest BCUT2D eigenvalue weighted by Crippen LogP contribution is 2.56. The maximum atomic E-state index is 6.65. The summed E-state index contributed by atoms with van der Waals surface area (Å²) in [6.07, 6.45) is 8.25. The SMILES string of the molecule is CN(C)C(=Nc1ccccc1Cc1ccccc1)C1=Cc2c3c4c(cccc4c4cc5c(cc24)CCC2CC52)OCC1C3. The highest BCUT2D eigenvalue weighted by Gasteiger charge is 2.42. The molecule has 5 aromatic rings. The van der Waals surface area contributed by atoms with Crippen molar-refractivity contribution in [2.45, 2.75) is 38.0 Å². The number of rotatable bonds is 4. The average Bonchev–Trinajstić information content (AvgIpc) is 3.85. The van der Waals surface area contributed by atoms with E-state index in [2.05, 4.69) is 110 Å². The number of likely N-dealkylation sites (N-methyl/N-ethyl adjacent to an activating group) is 1. The lowest BCUT2D eigenvalue weighted by Gasteiger charge is -2.29. The average molecular weight is 561 g/mol. The van der Waals surface area contributed by atoms with Crippen LogP contribution in [0.5, 0.6) is 5.75 Å². The third kappa shape index (κ3) is 4.05. The fourth-order valence-electron chi connectivity index (χ4n) is 8.16. The van der Waals surface area contributed by atoms with Crippen molar-refractivity contribution < 1.29 is 4.74 Å². The summed E-state index contributed by atoms with van der Waals surface area (Å²) in [5, 5.41) is 5.46. The van der Waals surface area contributed by atoms with Gasteiger partial charge in [-0.1, -0.05) is 66.7 Å². The van der Waals surface area contributed by atoms with Crippen LogP contribution in [-0.2, 0) is 19.3 Å². The molecular weight excluding hydrogens is 524 g/mol. The Labute approximate surface area is 253 Å². The Morgan fingerprint density at radius 1 is 0.907 bits per heavy atom. The number of fused-ring (bicyclic) bond motifs is 7. The molecule has 1 saturated carbocycles. The maximum Gasteiger partial charge on any atom is 0.132 e. The monoisotopic (exact) mass is 560 g/mol. The van der Waals surface area contributed by atoms with Gasteiger partial charge in [-0.25, -0.2) is 4.99 Å². The Morgan fingerprint density at radius 2 is 1.77 bits per heavy atom. The third-order valence-electron chi connectivity index (χ3n) is 10.4. The van der Waals surface area contributed by atoms with E-state index < -0.39 is 0 Å². The number of para-hydroxylation sites is 1. The standard InChI is InChI=1S/C40H36N2O/c1-42(2)40(41-37-13-7-6-11-27(37)17-24-9-4-3-5-10-24)32-22-35-33-19-26-16-15-25-18-30(25)31(26)21-34(33)29-12-8-14-38-39(29)36(35)20-28(32)23-43-38/h3-14,19,21-22,25,28,30H,15-18,20,23H2,1-2H3. The van der Waals surface area contributed by atoms with Crippen LogP contribution in [0.25, 0.3) is 27.6 Å². The predicted molar refractivity (Wildman–Crippen MR) is 178 cm³/mol. The van der Waals surface area contributed by atoms with Gasteiger partial charge in [-0.2, -0.15) is 0 Å². The fourth-order valence-corrected chi connectivity index (χ4v) is 8.16. The zero-order chi connectivity index (χ0) is 28.7. The predicted octanol–water partition coefficient (Wildman–Crippen LogP) is 8.87. The van der Waals surface area contributed by atoms with Gasteiger partial charge in [-0.05, 0) is 118 Å². The first-order chi connectivity index (χ1) is 21.1. The minimum Gasteiger partial charge on any atom is -0.492 e. The topological polar surface area (TPSA) is 24.8 Å². The van der Waals surface area contributed by atoms with Gasteiger partial charge in [0.25, 0.3) is 0 Å². The van der Waals surface area contributed by atoms with Gasteiger partial charge in [0, 0.05) is 31.0 Å². The highest BCUT2D eigenvalue weighted by atomic mass is 16.5. The molecule has 5 aromatic carbocycles. The van der Waals surface area contributed by atoms with Gasteiger partial charge in [0.1, 0.15) is 11.6 Å². The van der Waals surface area contributed by atoms with Crippen molar-refractivity contribution in [3.8, 4) is 5.75 Å². The second-order valence-corrected chi connectivity index (χ2v) is 13.2. The molecule has 3 heteroatoms. The number of aliphatic imine (C=N–C) groups is 1. The first kappa shape index (κ1) is 25.2. The summed E-state index contributed by atoms with van der Waals surface area (Å²) in [6, 6.07) is 31.1. The van der Waals surface area contributed by atoms with E-state index >= 15 is 0 Å². The number of amidine groups is 1. The van der Waals surface area contributed by atoms with E-state index in [0.717, 1.165) is 41.9 Å². The van der Waals surface area contributed by atoms with E-state index in [1.165, 1.54) is 68.6 Å². The van der Waals surface area contributed by atoms with Gasteiger partial charge in [-0.3, -0.25) is 0 Å². The number of ether oxygens (including phenoxy) is 1. The van der Waals surface area contributed by atoms with E-state index in [-0.39, 0.29) is 5.92 Å². The Bertz CT molecular complexity index is 2000. The van der Waals surface area contributed by atoms with Crippen LogP contribution >= 0.6 is 0 Å². The lowest BCUT2D eigenvalue weighted by atomic mass is 9.77. The molecule has 0 aromatic heterocycles. The molecule has 0 radical (unpaired) electrons. The summed E-state index contributed by atoms with van der Waals surface area (Å²) < 4.78 is 6.65. The molecule has 0 saturated heterocycles. The number of hydrogen-bond acceptors (Lipinski definition) is 2. The van der Waals surface area contributed by atoms with Crippen LogP contribution in [0, 0.1) is 11.8 Å². The van der Waals surface area contributed by atoms with Gasteiger partial charge in [0.15, 0.2) is 0 Å². The number of benzene rings is 5. The second kappa shape index (κ2) is 9.57. The van der Waals surface area contributed by atoms with Crippen LogP contribution in [0.2, 0.25) is 0 Å². The molecule has 3 aliphatic carbocycles. The van der Waals surface area contributed by atoms with Gasteiger partial charge >= 0.3 is 0 Å². The first-order valence-electron chi connectivity index (χ1n) is 15.9. The lowest BCUT2D eigenvalue weighted by molar-refractivity contribution is 0.279. The normalized spacial score (nSPS) is 21.6. The van der Waals surface area contributed by atoms with Gasteiger partial charge < -0.3 is 9.64 Å². The first-order valence-corrected chi connectivity index (χ1v) is 15.9. The molecule has 4 aliphatic rings. The van der Waals surface area contributed by atoms with E-state index in [0.29, 0.717) is 6.61 Å². The van der Waals surface area contributed by atoms with Gasteiger partial charge in [0.2, 0.25) is 0 Å². The maximum absolute atomic E-state index is 6.65. The highest BCUT2D eigenvalue weighted by molar-refractivity contribution is 6.17. The van der Waals surface area contributed by atoms with Gasteiger partial charge in [-0.15, -0.1) is 0 Å². The van der Waals surface area contributed by atoms with Crippen molar-refractivity contribution in [1.29, 1.82) is 0 Å². The molecule has 0 N–H and O–H groups in total. The Balaban J connectivity index is 1.25. The van der Waals surface area contributed by atoms with Crippen molar-refractivity contribution in [3.05, 3.63) is 124 Å². The number of aryl methyl sites for hydroxylation is 1. The van der Waals surface area contributed by atoms with Crippen molar-refractivity contribution in [3.63, 3.8) is 0 Å². The van der Waals surface area contributed by atoms with E-state index in [1.54, 1.807) is 11.1 Å².